The van der Waals surface area contributed by atoms with Gasteiger partial charge in [-0.2, -0.15) is 0 Å². The highest BCUT2D eigenvalue weighted by Crippen LogP contribution is 2.20. The Morgan fingerprint density at radius 3 is 2.47 bits per heavy atom. The Morgan fingerprint density at radius 2 is 1.87 bits per heavy atom. The molecule has 0 unspecified atom stereocenters. The molecule has 15 heavy (non-hydrogen) atoms. The monoisotopic (exact) mass is 204 g/mol. The van der Waals surface area contributed by atoms with E-state index in [1.165, 1.54) is 12.1 Å². The molecular weight excluding hydrogens is 191 g/mol. The van der Waals surface area contributed by atoms with E-state index in [0.29, 0.717) is 6.04 Å². The van der Waals surface area contributed by atoms with Crippen LogP contribution in [-0.4, -0.2) is 9.55 Å². The average Bonchev–Trinajstić information content (AvgIpc) is 2.67. The van der Waals surface area contributed by atoms with Gasteiger partial charge in [0, 0.05) is 24.0 Å². The van der Waals surface area contributed by atoms with E-state index in [1.54, 1.807) is 18.3 Å². The molecule has 1 heterocycles. The molecule has 2 rings (SSSR count). The Labute approximate surface area is 88.4 Å². The van der Waals surface area contributed by atoms with Crippen molar-refractivity contribution in [2.75, 3.05) is 0 Å². The maximum atomic E-state index is 12.8. The second kappa shape index (κ2) is 3.85. The molecule has 0 aliphatic rings. The number of benzene rings is 1. The number of nitrogens with zero attached hydrogens (tertiary/aromatic N) is 2. The molecular formula is C12H13FN2. The summed E-state index contributed by atoms with van der Waals surface area (Å²) in [5.74, 6) is 0.659. The SMILES string of the molecule is CC(C)n1ccnc1-c1ccc(F)cc1. The lowest BCUT2D eigenvalue weighted by Gasteiger charge is -2.11. The van der Waals surface area contributed by atoms with Gasteiger partial charge in [-0.15, -0.1) is 0 Å². The van der Waals surface area contributed by atoms with Crippen molar-refractivity contribution >= 4 is 0 Å². The molecule has 0 saturated heterocycles. The number of rotatable bonds is 2. The fourth-order valence-electron chi connectivity index (χ4n) is 1.55. The molecule has 1 aromatic carbocycles. The van der Waals surface area contributed by atoms with E-state index < -0.39 is 0 Å². The van der Waals surface area contributed by atoms with Crippen molar-refractivity contribution in [2.24, 2.45) is 0 Å². The summed E-state index contributed by atoms with van der Waals surface area (Å²) >= 11 is 0. The van der Waals surface area contributed by atoms with E-state index in [4.69, 9.17) is 0 Å². The van der Waals surface area contributed by atoms with Crippen LogP contribution in [0.2, 0.25) is 0 Å². The molecule has 0 atom stereocenters. The van der Waals surface area contributed by atoms with Crippen LogP contribution in [0.25, 0.3) is 11.4 Å². The van der Waals surface area contributed by atoms with Crippen molar-refractivity contribution in [1.29, 1.82) is 0 Å². The van der Waals surface area contributed by atoms with Crippen molar-refractivity contribution in [2.45, 2.75) is 19.9 Å². The molecule has 2 nitrogen and oxygen atoms in total. The molecule has 1 aromatic heterocycles. The highest BCUT2D eigenvalue weighted by Gasteiger charge is 2.07. The number of aromatic nitrogens is 2. The first-order valence-electron chi connectivity index (χ1n) is 4.97. The summed E-state index contributed by atoms with van der Waals surface area (Å²) in [5.41, 5.74) is 0.940. The van der Waals surface area contributed by atoms with Gasteiger partial charge in [-0.05, 0) is 38.1 Å². The number of halogens is 1. The van der Waals surface area contributed by atoms with Crippen molar-refractivity contribution < 1.29 is 4.39 Å². The average molecular weight is 204 g/mol. The van der Waals surface area contributed by atoms with Gasteiger partial charge in [0.25, 0.3) is 0 Å². The Bertz CT molecular complexity index is 443. The second-order valence-corrected chi connectivity index (χ2v) is 3.76. The molecule has 0 fully saturated rings. The van der Waals surface area contributed by atoms with Crippen LogP contribution in [0, 0.1) is 5.82 Å². The minimum Gasteiger partial charge on any atom is -0.328 e. The maximum absolute atomic E-state index is 12.8. The summed E-state index contributed by atoms with van der Waals surface area (Å²) in [6, 6.07) is 6.75. The van der Waals surface area contributed by atoms with Crippen LogP contribution in [-0.2, 0) is 0 Å². The van der Waals surface area contributed by atoms with Gasteiger partial charge < -0.3 is 4.57 Å². The molecule has 0 amide bonds. The predicted molar refractivity (Wildman–Crippen MR) is 58.0 cm³/mol. The summed E-state index contributed by atoms with van der Waals surface area (Å²) < 4.78 is 14.8. The molecule has 0 bridgehead atoms. The third kappa shape index (κ3) is 1.91. The Balaban J connectivity index is 2.45. The summed E-state index contributed by atoms with van der Waals surface area (Å²) in [7, 11) is 0. The number of hydrogen-bond acceptors (Lipinski definition) is 1. The second-order valence-electron chi connectivity index (χ2n) is 3.76. The third-order valence-electron chi connectivity index (χ3n) is 2.33. The van der Waals surface area contributed by atoms with Crippen LogP contribution in [0.3, 0.4) is 0 Å². The lowest BCUT2D eigenvalue weighted by molar-refractivity contribution is 0.606. The van der Waals surface area contributed by atoms with E-state index in [2.05, 4.69) is 23.4 Å². The molecule has 3 heteroatoms. The minimum absolute atomic E-state index is 0.221. The van der Waals surface area contributed by atoms with Gasteiger partial charge in [0.15, 0.2) is 0 Å². The largest absolute Gasteiger partial charge is 0.328 e. The van der Waals surface area contributed by atoms with Crippen LogP contribution in [0.15, 0.2) is 36.7 Å². The normalized spacial score (nSPS) is 10.9. The molecule has 0 spiro atoms. The van der Waals surface area contributed by atoms with Crippen molar-refractivity contribution in [1.82, 2.24) is 9.55 Å². The van der Waals surface area contributed by atoms with E-state index in [0.717, 1.165) is 11.4 Å². The topological polar surface area (TPSA) is 17.8 Å². The van der Waals surface area contributed by atoms with Gasteiger partial charge in [-0.1, -0.05) is 0 Å². The molecule has 0 N–H and O–H groups in total. The quantitative estimate of drug-likeness (QED) is 0.734. The highest BCUT2D eigenvalue weighted by molar-refractivity contribution is 5.55. The zero-order chi connectivity index (χ0) is 10.8. The van der Waals surface area contributed by atoms with Crippen LogP contribution < -0.4 is 0 Å². The first-order chi connectivity index (χ1) is 7.18. The zero-order valence-electron chi connectivity index (χ0n) is 8.81. The van der Waals surface area contributed by atoms with Gasteiger partial charge in [0.1, 0.15) is 11.6 Å². The number of hydrogen-bond donors (Lipinski definition) is 0. The Morgan fingerprint density at radius 1 is 1.20 bits per heavy atom. The molecule has 0 radical (unpaired) electrons. The van der Waals surface area contributed by atoms with E-state index in [9.17, 15) is 4.39 Å². The van der Waals surface area contributed by atoms with E-state index in [-0.39, 0.29) is 5.82 Å². The molecule has 2 aromatic rings. The van der Waals surface area contributed by atoms with Crippen LogP contribution in [0.4, 0.5) is 4.39 Å². The Kier molecular flexibility index (Phi) is 2.54. The third-order valence-corrected chi connectivity index (χ3v) is 2.33. The fourth-order valence-corrected chi connectivity index (χ4v) is 1.55. The molecule has 0 aliphatic carbocycles. The van der Waals surface area contributed by atoms with Crippen molar-refractivity contribution in [3.63, 3.8) is 0 Å². The van der Waals surface area contributed by atoms with Gasteiger partial charge in [0.2, 0.25) is 0 Å². The zero-order valence-corrected chi connectivity index (χ0v) is 8.81. The van der Waals surface area contributed by atoms with Crippen molar-refractivity contribution in [3.05, 3.63) is 42.5 Å². The lowest BCUT2D eigenvalue weighted by Crippen LogP contribution is -2.01. The van der Waals surface area contributed by atoms with E-state index in [1.807, 2.05) is 6.20 Å². The maximum Gasteiger partial charge on any atom is 0.140 e. The summed E-state index contributed by atoms with van der Waals surface area (Å²) in [6.07, 6.45) is 3.70. The summed E-state index contributed by atoms with van der Waals surface area (Å²) in [4.78, 5) is 4.28. The number of imidazole rings is 1. The minimum atomic E-state index is -0.221. The predicted octanol–water partition coefficient (Wildman–Crippen LogP) is 3.27. The van der Waals surface area contributed by atoms with Crippen molar-refractivity contribution in [3.8, 4) is 11.4 Å². The van der Waals surface area contributed by atoms with Crippen LogP contribution in [0.5, 0.6) is 0 Å². The first kappa shape index (κ1) is 9.90. The first-order valence-corrected chi connectivity index (χ1v) is 4.97. The van der Waals surface area contributed by atoms with Crippen LogP contribution >= 0.6 is 0 Å². The smallest absolute Gasteiger partial charge is 0.140 e. The summed E-state index contributed by atoms with van der Waals surface area (Å²) in [6.45, 7) is 4.18. The molecule has 78 valence electrons. The summed E-state index contributed by atoms with van der Waals surface area (Å²) in [5, 5.41) is 0. The fraction of sp³-hybridized carbons (Fsp3) is 0.250. The molecule has 0 saturated carbocycles. The van der Waals surface area contributed by atoms with E-state index >= 15 is 0 Å². The standard InChI is InChI=1S/C12H13FN2/c1-9(2)15-8-7-14-12(15)10-3-5-11(13)6-4-10/h3-9H,1-2H3. The van der Waals surface area contributed by atoms with Gasteiger partial charge in [-0.3, -0.25) is 0 Å². The van der Waals surface area contributed by atoms with Gasteiger partial charge >= 0.3 is 0 Å². The van der Waals surface area contributed by atoms with Gasteiger partial charge in [-0.25, -0.2) is 9.37 Å². The Hall–Kier alpha value is -1.64. The van der Waals surface area contributed by atoms with Gasteiger partial charge in [0.05, 0.1) is 0 Å². The lowest BCUT2D eigenvalue weighted by atomic mass is 10.2. The highest BCUT2D eigenvalue weighted by atomic mass is 19.1. The molecule has 0 aliphatic heterocycles. The van der Waals surface area contributed by atoms with Crippen LogP contribution in [0.1, 0.15) is 19.9 Å².